The van der Waals surface area contributed by atoms with E-state index < -0.39 is 29.8 Å². The zero-order valence-corrected chi connectivity index (χ0v) is 26.6. The van der Waals surface area contributed by atoms with Gasteiger partial charge in [-0.25, -0.2) is 0 Å². The Balaban J connectivity index is 2.06. The van der Waals surface area contributed by atoms with Gasteiger partial charge in [0, 0.05) is 25.2 Å². The lowest BCUT2D eigenvalue weighted by Crippen LogP contribution is -2.49. The molecule has 254 valence electrons. The number of ether oxygens (including phenoxy) is 1. The number of rotatable bonds is 26. The molecule has 0 aromatic heterocycles. The van der Waals surface area contributed by atoms with Gasteiger partial charge in [-0.3, -0.25) is 24.2 Å². The van der Waals surface area contributed by atoms with Crippen LogP contribution in [-0.2, 0) is 25.6 Å². The first-order valence-corrected chi connectivity index (χ1v) is 15.6. The number of carbonyl (C=O) groups excluding carboxylic acids is 4. The highest BCUT2D eigenvalue weighted by Crippen LogP contribution is 2.17. The van der Waals surface area contributed by atoms with Crippen molar-refractivity contribution in [2.75, 3.05) is 52.9 Å². The Morgan fingerprint density at radius 3 is 2.07 bits per heavy atom. The van der Waals surface area contributed by atoms with Crippen molar-refractivity contribution >= 4 is 29.6 Å². The number of unbranched alkanes of at least 4 members (excludes halogenated alkanes) is 2. The van der Waals surface area contributed by atoms with Crippen molar-refractivity contribution in [2.45, 2.75) is 69.9 Å². The van der Waals surface area contributed by atoms with E-state index >= 15 is 0 Å². The highest BCUT2D eigenvalue weighted by atomic mass is 16.5. The van der Waals surface area contributed by atoms with E-state index in [9.17, 15) is 19.2 Å². The fourth-order valence-electron chi connectivity index (χ4n) is 4.36. The van der Waals surface area contributed by atoms with Gasteiger partial charge in [-0.2, -0.15) is 0 Å². The van der Waals surface area contributed by atoms with Crippen LogP contribution in [0.1, 0.15) is 56.9 Å². The average molecular weight is 635 g/mol. The second-order valence-electron chi connectivity index (χ2n) is 10.7. The van der Waals surface area contributed by atoms with Crippen LogP contribution >= 0.6 is 0 Å². The number of para-hydroxylation sites is 1. The number of guanidine groups is 1. The summed E-state index contributed by atoms with van der Waals surface area (Å²) in [6.07, 6.45) is 5.34. The van der Waals surface area contributed by atoms with E-state index in [4.69, 9.17) is 27.7 Å². The number of methoxy groups -OCH3 is 1. The van der Waals surface area contributed by atoms with Crippen LogP contribution in [-0.4, -0.2) is 94.6 Å². The number of nitrogens with one attached hydrogen (secondary N) is 5. The minimum atomic E-state index is -1.03. The molecule has 13 N–H and O–H groups in total. The van der Waals surface area contributed by atoms with Crippen LogP contribution in [0, 0.1) is 0 Å². The molecule has 1 rings (SSSR count). The van der Waals surface area contributed by atoms with Gasteiger partial charge in [0.15, 0.2) is 5.96 Å². The summed E-state index contributed by atoms with van der Waals surface area (Å²) >= 11 is 0. The van der Waals surface area contributed by atoms with Gasteiger partial charge in [-0.15, -0.1) is 0 Å². The van der Waals surface area contributed by atoms with Gasteiger partial charge in [-0.05, 0) is 70.8 Å². The molecule has 0 heterocycles. The lowest BCUT2D eigenvalue weighted by atomic mass is 10.1. The maximum atomic E-state index is 12.6. The summed E-state index contributed by atoms with van der Waals surface area (Å²) in [7, 11) is 1.52. The van der Waals surface area contributed by atoms with Crippen molar-refractivity contribution in [3.8, 4) is 5.75 Å². The molecule has 0 aliphatic heterocycles. The molecule has 4 amide bonds. The number of primary amides is 1. The van der Waals surface area contributed by atoms with Crippen LogP contribution in [0.4, 0.5) is 0 Å². The molecule has 0 aliphatic carbocycles. The Morgan fingerprint density at radius 2 is 1.40 bits per heavy atom. The lowest BCUT2D eigenvalue weighted by Gasteiger charge is -2.18. The van der Waals surface area contributed by atoms with Gasteiger partial charge in [0.25, 0.3) is 0 Å². The third-order valence-corrected chi connectivity index (χ3v) is 6.77. The largest absolute Gasteiger partial charge is 0.496 e. The van der Waals surface area contributed by atoms with Crippen molar-refractivity contribution < 1.29 is 23.9 Å². The molecule has 15 nitrogen and oxygen atoms in total. The summed E-state index contributed by atoms with van der Waals surface area (Å²) in [4.78, 5) is 52.5. The molecule has 0 aliphatic rings. The minimum Gasteiger partial charge on any atom is -0.496 e. The second kappa shape index (κ2) is 24.4. The van der Waals surface area contributed by atoms with E-state index in [-0.39, 0.29) is 24.7 Å². The van der Waals surface area contributed by atoms with E-state index in [1.807, 2.05) is 0 Å². The number of amides is 4. The first kappa shape index (κ1) is 39.1. The Hall–Kier alpha value is -3.95. The van der Waals surface area contributed by atoms with Crippen LogP contribution in [0.15, 0.2) is 29.3 Å². The van der Waals surface area contributed by atoms with Crippen molar-refractivity contribution in [2.24, 2.45) is 27.9 Å². The normalized spacial score (nSPS) is 12.0. The lowest BCUT2D eigenvalue weighted by molar-refractivity contribution is -0.131. The van der Waals surface area contributed by atoms with Gasteiger partial charge in [-0.1, -0.05) is 24.6 Å². The fourth-order valence-corrected chi connectivity index (χ4v) is 4.36. The molecular weight excluding hydrogens is 580 g/mol. The molecule has 0 saturated heterocycles. The molecule has 0 fully saturated rings. The maximum Gasteiger partial charge on any atom is 0.243 e. The summed E-state index contributed by atoms with van der Waals surface area (Å²) in [6.45, 7) is 4.90. The predicted octanol–water partition coefficient (Wildman–Crippen LogP) is -1.66. The summed E-state index contributed by atoms with van der Waals surface area (Å²) in [5.74, 6) is -1.07. The van der Waals surface area contributed by atoms with Gasteiger partial charge < -0.3 is 54.3 Å². The number of carbonyl (C=O) groups is 4. The predicted molar refractivity (Wildman–Crippen MR) is 175 cm³/mol. The van der Waals surface area contributed by atoms with Gasteiger partial charge in [0.05, 0.1) is 26.0 Å². The van der Waals surface area contributed by atoms with Crippen molar-refractivity contribution in [3.63, 3.8) is 0 Å². The number of hydrogen-bond donors (Lipinski definition) is 9. The van der Waals surface area contributed by atoms with E-state index in [1.54, 1.807) is 24.3 Å². The molecule has 0 saturated carbocycles. The van der Waals surface area contributed by atoms with E-state index in [0.717, 1.165) is 58.3 Å². The van der Waals surface area contributed by atoms with Crippen LogP contribution < -0.4 is 54.3 Å². The number of benzene rings is 1. The van der Waals surface area contributed by atoms with Crippen LogP contribution in [0.5, 0.6) is 5.75 Å². The van der Waals surface area contributed by atoms with Crippen LogP contribution in [0.3, 0.4) is 0 Å². The van der Waals surface area contributed by atoms with Crippen molar-refractivity contribution in [3.05, 3.63) is 29.8 Å². The number of aliphatic imine (C=N–C) groups is 1. The van der Waals surface area contributed by atoms with Crippen LogP contribution in [0.2, 0.25) is 0 Å². The molecular formula is C30H54N10O5. The van der Waals surface area contributed by atoms with Gasteiger partial charge >= 0.3 is 0 Å². The summed E-state index contributed by atoms with van der Waals surface area (Å²) in [5, 5.41) is 15.0. The number of nitrogens with zero attached hydrogens (tertiary/aromatic N) is 1. The van der Waals surface area contributed by atoms with E-state index in [1.165, 1.54) is 7.11 Å². The van der Waals surface area contributed by atoms with E-state index in [0.29, 0.717) is 43.8 Å². The summed E-state index contributed by atoms with van der Waals surface area (Å²) in [5.41, 5.74) is 22.4. The average Bonchev–Trinajstić information content (AvgIpc) is 3.00. The highest BCUT2D eigenvalue weighted by Gasteiger charge is 2.23. The van der Waals surface area contributed by atoms with Crippen molar-refractivity contribution in [1.82, 2.24) is 26.6 Å². The Bertz CT molecular complexity index is 1050. The third kappa shape index (κ3) is 19.8. The van der Waals surface area contributed by atoms with Crippen LogP contribution in [0.25, 0.3) is 0 Å². The topological polar surface area (TPSA) is 254 Å². The molecule has 0 radical (unpaired) electrons. The monoisotopic (exact) mass is 634 g/mol. The summed E-state index contributed by atoms with van der Waals surface area (Å²) in [6, 6.07) is 5.51. The molecule has 0 bridgehead atoms. The molecule has 2 atom stereocenters. The standard InChI is InChI=1S/C30H54N10O5/c1-45-25-12-4-3-10-22(25)20-27(42)40-24(21-26(32)41)29(44)38-17-6-2-5-13-35-14-8-15-36-16-9-19-37-28(43)23(31)11-7-18-39-30(33)34/h3-4,10,12,23-24,35-36H,2,5-9,11,13-21,31H2,1H3,(H2,32,41)(H,37,43)(H,38,44)(H,40,42)(H4,33,34,39)/t23-,24-/m0/s1. The minimum absolute atomic E-state index is 0.00987. The van der Waals surface area contributed by atoms with Gasteiger partial charge in [0.2, 0.25) is 23.6 Å². The first-order valence-electron chi connectivity index (χ1n) is 15.6. The zero-order valence-electron chi connectivity index (χ0n) is 26.6. The SMILES string of the molecule is COc1ccccc1CC(=O)N[C@@H](CC(N)=O)C(=O)NCCCCCNCCCNCCCNC(=O)[C@@H](N)CCCN=C(N)N. The smallest absolute Gasteiger partial charge is 0.243 e. The fraction of sp³-hybridized carbons (Fsp3) is 0.633. The van der Waals surface area contributed by atoms with Gasteiger partial charge in [0.1, 0.15) is 11.8 Å². The zero-order chi connectivity index (χ0) is 33.3. The molecule has 0 unspecified atom stereocenters. The second-order valence-corrected chi connectivity index (χ2v) is 10.7. The molecule has 0 spiro atoms. The highest BCUT2D eigenvalue weighted by molar-refractivity contribution is 5.92. The first-order chi connectivity index (χ1) is 21.6. The molecule has 15 heteroatoms. The number of hydrogen-bond acceptors (Lipinski definition) is 9. The Labute approximate surface area is 266 Å². The third-order valence-electron chi connectivity index (χ3n) is 6.77. The maximum absolute atomic E-state index is 12.6. The Morgan fingerprint density at radius 1 is 0.800 bits per heavy atom. The Kier molecular flexibility index (Phi) is 21.2. The summed E-state index contributed by atoms with van der Waals surface area (Å²) < 4.78 is 5.26. The van der Waals surface area contributed by atoms with Crippen molar-refractivity contribution in [1.29, 1.82) is 0 Å². The molecule has 45 heavy (non-hydrogen) atoms. The van der Waals surface area contributed by atoms with E-state index in [2.05, 4.69) is 31.6 Å². The molecule has 1 aromatic rings. The quantitative estimate of drug-likeness (QED) is 0.0318. The number of nitrogens with two attached hydrogens (primary N) is 4. The molecule has 1 aromatic carbocycles.